The van der Waals surface area contributed by atoms with Gasteiger partial charge in [0.05, 0.1) is 0 Å². The van der Waals surface area contributed by atoms with Crippen molar-refractivity contribution < 1.29 is 0 Å². The van der Waals surface area contributed by atoms with Crippen molar-refractivity contribution in [1.29, 1.82) is 0 Å². The van der Waals surface area contributed by atoms with Crippen LogP contribution in [-0.2, 0) is 6.42 Å². The summed E-state index contributed by atoms with van der Waals surface area (Å²) in [6, 6.07) is 2.95. The van der Waals surface area contributed by atoms with Gasteiger partial charge < -0.3 is 5.32 Å². The number of aryl methyl sites for hydroxylation is 1. The van der Waals surface area contributed by atoms with Crippen molar-refractivity contribution >= 4 is 11.3 Å². The Hall–Kier alpha value is -0.600. The number of thiophene rings is 1. The molecule has 1 nitrogen and oxygen atoms in total. The molecule has 2 atom stereocenters. The standard InChI is InChI=1S/C16H23NS/c1-17-16(12-6-3-2-4-7-12)14-8-5-9-15-13(14)10-11-18-15/h6,10-11,14,16-17H,2-5,7-9H2,1H3. The van der Waals surface area contributed by atoms with Crippen LogP contribution in [0, 0.1) is 0 Å². The lowest BCUT2D eigenvalue weighted by molar-refractivity contribution is 0.439. The van der Waals surface area contributed by atoms with E-state index >= 15 is 0 Å². The van der Waals surface area contributed by atoms with Gasteiger partial charge in [0.1, 0.15) is 0 Å². The van der Waals surface area contributed by atoms with Crippen LogP contribution in [0.2, 0.25) is 0 Å². The summed E-state index contributed by atoms with van der Waals surface area (Å²) in [7, 11) is 2.14. The molecular weight excluding hydrogens is 238 g/mol. The van der Waals surface area contributed by atoms with Crippen LogP contribution < -0.4 is 5.32 Å². The molecule has 0 aromatic carbocycles. The second-order valence-corrected chi connectivity index (χ2v) is 6.59. The Morgan fingerprint density at radius 3 is 3.00 bits per heavy atom. The van der Waals surface area contributed by atoms with Crippen LogP contribution in [0.3, 0.4) is 0 Å². The summed E-state index contributed by atoms with van der Waals surface area (Å²) in [4.78, 5) is 1.64. The molecule has 2 unspecified atom stereocenters. The van der Waals surface area contributed by atoms with Gasteiger partial charge in [0.2, 0.25) is 0 Å². The highest BCUT2D eigenvalue weighted by Gasteiger charge is 2.30. The third kappa shape index (κ3) is 2.28. The third-order valence-electron chi connectivity index (χ3n) is 4.54. The minimum absolute atomic E-state index is 0.582. The van der Waals surface area contributed by atoms with E-state index in [1.54, 1.807) is 16.0 Å². The Balaban J connectivity index is 1.87. The van der Waals surface area contributed by atoms with E-state index < -0.39 is 0 Å². The first-order valence-corrected chi connectivity index (χ1v) is 8.20. The van der Waals surface area contributed by atoms with Gasteiger partial charge in [0.25, 0.3) is 0 Å². The monoisotopic (exact) mass is 261 g/mol. The number of allylic oxidation sites excluding steroid dienone is 1. The topological polar surface area (TPSA) is 12.0 Å². The smallest absolute Gasteiger partial charge is 0.0346 e. The van der Waals surface area contributed by atoms with Gasteiger partial charge in [-0.1, -0.05) is 11.6 Å². The molecule has 1 aromatic rings. The maximum Gasteiger partial charge on any atom is 0.0346 e. The summed E-state index contributed by atoms with van der Waals surface area (Å²) in [6.45, 7) is 0. The zero-order chi connectivity index (χ0) is 12.4. The lowest BCUT2D eigenvalue weighted by atomic mass is 9.77. The Bertz CT molecular complexity index is 432. The predicted octanol–water partition coefficient (Wildman–Crippen LogP) is 4.26. The van der Waals surface area contributed by atoms with Crippen molar-refractivity contribution in [1.82, 2.24) is 5.32 Å². The minimum Gasteiger partial charge on any atom is -0.313 e. The van der Waals surface area contributed by atoms with Crippen LogP contribution in [-0.4, -0.2) is 13.1 Å². The number of rotatable bonds is 3. The first-order chi connectivity index (χ1) is 8.90. The molecule has 0 bridgehead atoms. The summed E-state index contributed by atoms with van der Waals surface area (Å²) in [6.07, 6.45) is 11.9. The van der Waals surface area contributed by atoms with Crippen molar-refractivity contribution in [3.63, 3.8) is 0 Å². The summed E-state index contributed by atoms with van der Waals surface area (Å²) in [5, 5.41) is 5.89. The normalized spacial score (nSPS) is 25.4. The van der Waals surface area contributed by atoms with Gasteiger partial charge in [-0.2, -0.15) is 0 Å². The van der Waals surface area contributed by atoms with E-state index in [0.717, 1.165) is 0 Å². The molecule has 0 radical (unpaired) electrons. The van der Waals surface area contributed by atoms with E-state index in [9.17, 15) is 0 Å². The van der Waals surface area contributed by atoms with Gasteiger partial charge in [-0.3, -0.25) is 0 Å². The van der Waals surface area contributed by atoms with Crippen LogP contribution >= 0.6 is 11.3 Å². The Labute approximate surface area is 114 Å². The van der Waals surface area contributed by atoms with Gasteiger partial charge in [0, 0.05) is 16.8 Å². The highest BCUT2D eigenvalue weighted by atomic mass is 32.1. The van der Waals surface area contributed by atoms with Crippen LogP contribution in [0.15, 0.2) is 23.1 Å². The fourth-order valence-electron chi connectivity index (χ4n) is 3.66. The maximum atomic E-state index is 3.61. The first-order valence-electron chi connectivity index (χ1n) is 7.32. The molecule has 18 heavy (non-hydrogen) atoms. The van der Waals surface area contributed by atoms with E-state index in [1.165, 1.54) is 44.9 Å². The number of hydrogen-bond donors (Lipinski definition) is 1. The van der Waals surface area contributed by atoms with Gasteiger partial charge in [-0.05, 0) is 69.0 Å². The molecule has 0 aliphatic heterocycles. The van der Waals surface area contributed by atoms with Gasteiger partial charge in [0.15, 0.2) is 0 Å². The number of likely N-dealkylation sites (N-methyl/N-ethyl adjacent to an activating group) is 1. The average Bonchev–Trinajstić information content (AvgIpc) is 2.90. The predicted molar refractivity (Wildman–Crippen MR) is 79.4 cm³/mol. The number of nitrogens with one attached hydrogen (secondary N) is 1. The van der Waals surface area contributed by atoms with Gasteiger partial charge in [-0.25, -0.2) is 0 Å². The molecule has 2 heteroatoms. The van der Waals surface area contributed by atoms with Crippen molar-refractivity contribution in [3.05, 3.63) is 33.5 Å². The molecule has 0 saturated heterocycles. The lowest BCUT2D eigenvalue weighted by Crippen LogP contribution is -2.36. The molecule has 0 amide bonds. The summed E-state index contributed by atoms with van der Waals surface area (Å²) in [5.74, 6) is 0.717. The van der Waals surface area contributed by atoms with E-state index in [0.29, 0.717) is 12.0 Å². The molecule has 1 aromatic heterocycles. The van der Waals surface area contributed by atoms with Crippen LogP contribution in [0.5, 0.6) is 0 Å². The van der Waals surface area contributed by atoms with Crippen molar-refractivity contribution in [3.8, 4) is 0 Å². The molecule has 1 N–H and O–H groups in total. The zero-order valence-electron chi connectivity index (χ0n) is 11.2. The molecule has 2 aliphatic carbocycles. The molecule has 0 spiro atoms. The minimum atomic E-state index is 0.582. The van der Waals surface area contributed by atoms with Gasteiger partial charge in [-0.15, -0.1) is 11.3 Å². The Kier molecular flexibility index (Phi) is 3.86. The lowest BCUT2D eigenvalue weighted by Gasteiger charge is -2.33. The van der Waals surface area contributed by atoms with Gasteiger partial charge >= 0.3 is 0 Å². The molecular formula is C16H23NS. The molecule has 1 heterocycles. The largest absolute Gasteiger partial charge is 0.313 e. The Morgan fingerprint density at radius 2 is 2.22 bits per heavy atom. The Morgan fingerprint density at radius 1 is 1.28 bits per heavy atom. The molecule has 3 rings (SSSR count). The second-order valence-electron chi connectivity index (χ2n) is 5.59. The van der Waals surface area contributed by atoms with E-state index in [1.807, 2.05) is 11.3 Å². The first kappa shape index (κ1) is 12.4. The van der Waals surface area contributed by atoms with E-state index in [2.05, 4.69) is 29.9 Å². The second kappa shape index (κ2) is 5.58. The van der Waals surface area contributed by atoms with Crippen LogP contribution in [0.25, 0.3) is 0 Å². The number of hydrogen-bond acceptors (Lipinski definition) is 2. The van der Waals surface area contributed by atoms with Crippen LogP contribution in [0.4, 0.5) is 0 Å². The van der Waals surface area contributed by atoms with E-state index in [-0.39, 0.29) is 0 Å². The third-order valence-corrected chi connectivity index (χ3v) is 5.53. The fraction of sp³-hybridized carbons (Fsp3) is 0.625. The van der Waals surface area contributed by atoms with Crippen molar-refractivity contribution in [2.45, 2.75) is 56.9 Å². The highest BCUT2D eigenvalue weighted by molar-refractivity contribution is 7.10. The van der Waals surface area contributed by atoms with Crippen molar-refractivity contribution in [2.24, 2.45) is 0 Å². The molecule has 0 fully saturated rings. The fourth-order valence-corrected chi connectivity index (χ4v) is 4.66. The van der Waals surface area contributed by atoms with E-state index in [4.69, 9.17) is 0 Å². The maximum absolute atomic E-state index is 3.61. The summed E-state index contributed by atoms with van der Waals surface area (Å²) >= 11 is 1.96. The number of fused-ring (bicyclic) bond motifs is 1. The molecule has 0 saturated carbocycles. The van der Waals surface area contributed by atoms with Crippen molar-refractivity contribution in [2.75, 3.05) is 7.05 Å². The highest BCUT2D eigenvalue weighted by Crippen LogP contribution is 2.40. The molecule has 2 aliphatic rings. The average molecular weight is 261 g/mol. The van der Waals surface area contributed by atoms with Crippen LogP contribution in [0.1, 0.15) is 54.9 Å². The molecule has 98 valence electrons. The zero-order valence-corrected chi connectivity index (χ0v) is 12.1. The SMILES string of the molecule is CNC(C1=CCCCC1)C1CCCc2sccc21. The summed E-state index contributed by atoms with van der Waals surface area (Å²) in [5.41, 5.74) is 3.31. The summed E-state index contributed by atoms with van der Waals surface area (Å²) < 4.78 is 0. The quantitative estimate of drug-likeness (QED) is 0.802.